The van der Waals surface area contributed by atoms with Gasteiger partial charge in [0.2, 0.25) is 5.43 Å². The minimum atomic E-state index is -0.413. The molecular weight excluding hydrogens is 446 g/mol. The summed E-state index contributed by atoms with van der Waals surface area (Å²) in [6.07, 6.45) is 3.89. The lowest BCUT2D eigenvalue weighted by atomic mass is 10.2. The van der Waals surface area contributed by atoms with Crippen LogP contribution in [0.2, 0.25) is 5.02 Å². The maximum Gasteiger partial charge on any atom is 0.414 e. The van der Waals surface area contributed by atoms with E-state index < -0.39 is 6.09 Å². The van der Waals surface area contributed by atoms with Crippen LogP contribution in [0, 0.1) is 0 Å². The lowest BCUT2D eigenvalue weighted by Gasteiger charge is -2.17. The van der Waals surface area contributed by atoms with E-state index in [0.29, 0.717) is 41.0 Å². The third kappa shape index (κ3) is 4.73. The molecule has 0 aliphatic carbocycles. The van der Waals surface area contributed by atoms with Crippen molar-refractivity contribution in [2.75, 3.05) is 25.2 Å². The largest absolute Gasteiger partial charge is 0.494 e. The average molecular weight is 466 g/mol. The molecule has 1 aliphatic heterocycles. The predicted octanol–water partition coefficient (Wildman–Crippen LogP) is 3.44. The number of amides is 1. The molecule has 10 heteroatoms. The number of carbonyl (C=O) groups excluding carboxylic acids is 1. The molecular formula is C23H20ClN5O4. The molecule has 0 spiro atoms. The van der Waals surface area contributed by atoms with Gasteiger partial charge < -0.3 is 15.2 Å². The Hall–Kier alpha value is -4.11. The van der Waals surface area contributed by atoms with Gasteiger partial charge in [0.25, 0.3) is 0 Å². The lowest BCUT2D eigenvalue weighted by molar-refractivity contribution is 0.181. The number of ether oxygens (including phenoxy) is 2. The molecule has 168 valence electrons. The van der Waals surface area contributed by atoms with Gasteiger partial charge >= 0.3 is 6.09 Å². The van der Waals surface area contributed by atoms with Crippen molar-refractivity contribution in [3.8, 4) is 11.4 Å². The quantitative estimate of drug-likeness (QED) is 0.558. The Kier molecular flexibility index (Phi) is 6.41. The zero-order valence-electron chi connectivity index (χ0n) is 17.6. The molecule has 1 saturated heterocycles. The average Bonchev–Trinajstić information content (AvgIpc) is 3.25. The van der Waals surface area contributed by atoms with E-state index in [1.807, 2.05) is 0 Å². The van der Waals surface area contributed by atoms with E-state index in [4.69, 9.17) is 26.8 Å². The second-order valence-electron chi connectivity index (χ2n) is 6.93. The number of allylic oxidation sites excluding steroid dienone is 1. The molecule has 1 amide bonds. The number of carbonyl (C=O) groups is 1. The summed E-state index contributed by atoms with van der Waals surface area (Å²) in [6.45, 7) is 0.785. The van der Waals surface area contributed by atoms with Crippen molar-refractivity contribution < 1.29 is 14.3 Å². The number of aromatic nitrogens is 2. The van der Waals surface area contributed by atoms with Crippen molar-refractivity contribution in [2.24, 2.45) is 10.7 Å². The summed E-state index contributed by atoms with van der Waals surface area (Å²) >= 11 is 6.05. The van der Waals surface area contributed by atoms with E-state index >= 15 is 0 Å². The lowest BCUT2D eigenvalue weighted by Crippen LogP contribution is -2.23. The van der Waals surface area contributed by atoms with Crippen LogP contribution in [0.1, 0.15) is 5.69 Å². The normalized spacial score (nSPS) is 14.1. The molecule has 9 nitrogen and oxygen atoms in total. The molecule has 0 bridgehead atoms. The second kappa shape index (κ2) is 9.58. The molecule has 0 unspecified atom stereocenters. The molecule has 0 radical (unpaired) electrons. The number of cyclic esters (lactones) is 1. The van der Waals surface area contributed by atoms with Crippen LogP contribution in [0.25, 0.3) is 5.69 Å². The van der Waals surface area contributed by atoms with Crippen LogP contribution in [-0.2, 0) is 4.74 Å². The zero-order chi connectivity index (χ0) is 23.4. The summed E-state index contributed by atoms with van der Waals surface area (Å²) in [6, 6.07) is 13.5. The van der Waals surface area contributed by atoms with Gasteiger partial charge in [-0.3, -0.25) is 9.69 Å². The van der Waals surface area contributed by atoms with Gasteiger partial charge in [-0.15, -0.1) is 0 Å². The van der Waals surface area contributed by atoms with E-state index in [0.717, 1.165) is 0 Å². The summed E-state index contributed by atoms with van der Waals surface area (Å²) in [5.74, 6) is 0.456. The summed E-state index contributed by atoms with van der Waals surface area (Å²) < 4.78 is 12.0. The minimum absolute atomic E-state index is 0.0911. The minimum Gasteiger partial charge on any atom is -0.494 e. The van der Waals surface area contributed by atoms with Gasteiger partial charge in [0.1, 0.15) is 18.0 Å². The number of hydrogen-bond acceptors (Lipinski definition) is 7. The molecule has 2 N–H and O–H groups in total. The van der Waals surface area contributed by atoms with Crippen LogP contribution in [-0.4, -0.2) is 41.8 Å². The Labute approximate surface area is 194 Å². The number of benzene rings is 2. The molecule has 2 heterocycles. The summed E-state index contributed by atoms with van der Waals surface area (Å²) in [5, 5.41) is 4.99. The van der Waals surface area contributed by atoms with E-state index in [1.54, 1.807) is 42.5 Å². The standard InChI is InChI=1S/C23H20ClN5O4/c1-32-21-14-17(28-11-12-33-23(28)31)5-6-19(21)29-10-8-20(30)22(27-29)18(7-9-25)26-16-4-2-3-15(24)13-16/h2-10,13-14H,11-12,25H2,1H3. The first kappa shape index (κ1) is 22.1. The van der Waals surface area contributed by atoms with Crippen LogP contribution in [0.4, 0.5) is 16.2 Å². The molecule has 0 saturated carbocycles. The predicted molar refractivity (Wildman–Crippen MR) is 126 cm³/mol. The van der Waals surface area contributed by atoms with Gasteiger partial charge in [-0.05, 0) is 42.6 Å². The SMILES string of the molecule is COc1cc(N2CCOC2=O)ccc1-n1ccc(=O)c(C(C=CN)=Nc2cccc(Cl)c2)n1. The number of aliphatic imine (C=N–C) groups is 1. The fourth-order valence-corrected chi connectivity index (χ4v) is 3.50. The van der Waals surface area contributed by atoms with Gasteiger partial charge in [0.15, 0.2) is 5.69 Å². The Morgan fingerprint density at radius 2 is 2.09 bits per heavy atom. The highest BCUT2D eigenvalue weighted by atomic mass is 35.5. The Bertz CT molecular complexity index is 1320. The first-order valence-corrected chi connectivity index (χ1v) is 10.3. The van der Waals surface area contributed by atoms with Crippen molar-refractivity contribution in [2.45, 2.75) is 0 Å². The van der Waals surface area contributed by atoms with Gasteiger partial charge in [-0.2, -0.15) is 5.10 Å². The summed E-state index contributed by atoms with van der Waals surface area (Å²) in [7, 11) is 1.51. The van der Waals surface area contributed by atoms with Gasteiger partial charge in [0, 0.05) is 23.4 Å². The molecule has 2 aromatic carbocycles. The maximum atomic E-state index is 12.6. The Morgan fingerprint density at radius 1 is 1.24 bits per heavy atom. The number of halogens is 1. The monoisotopic (exact) mass is 465 g/mol. The second-order valence-corrected chi connectivity index (χ2v) is 7.37. The molecule has 33 heavy (non-hydrogen) atoms. The van der Waals surface area contributed by atoms with E-state index in [2.05, 4.69) is 10.1 Å². The fourth-order valence-electron chi connectivity index (χ4n) is 3.32. The van der Waals surface area contributed by atoms with Crippen molar-refractivity contribution in [3.63, 3.8) is 0 Å². The Morgan fingerprint density at radius 3 is 2.79 bits per heavy atom. The highest BCUT2D eigenvalue weighted by Crippen LogP contribution is 2.29. The highest BCUT2D eigenvalue weighted by molar-refractivity contribution is 6.30. The van der Waals surface area contributed by atoms with Crippen LogP contribution >= 0.6 is 11.6 Å². The molecule has 1 fully saturated rings. The fraction of sp³-hybridized carbons (Fsp3) is 0.130. The number of nitrogens with two attached hydrogens (primary N) is 1. The van der Waals surface area contributed by atoms with E-state index in [9.17, 15) is 9.59 Å². The number of anilines is 1. The van der Waals surface area contributed by atoms with Crippen LogP contribution in [0.5, 0.6) is 5.75 Å². The van der Waals surface area contributed by atoms with Crippen molar-refractivity contribution in [1.82, 2.24) is 9.78 Å². The third-order valence-electron chi connectivity index (χ3n) is 4.85. The number of methoxy groups -OCH3 is 1. The van der Waals surface area contributed by atoms with Crippen LogP contribution < -0.4 is 20.8 Å². The summed E-state index contributed by atoms with van der Waals surface area (Å²) in [5.41, 5.74) is 7.37. The number of hydrogen-bond donors (Lipinski definition) is 1. The van der Waals surface area contributed by atoms with Crippen LogP contribution in [0.3, 0.4) is 0 Å². The van der Waals surface area contributed by atoms with Gasteiger partial charge in [-0.25, -0.2) is 14.5 Å². The molecule has 1 aromatic heterocycles. The first-order chi connectivity index (χ1) is 16.0. The van der Waals surface area contributed by atoms with Crippen molar-refractivity contribution in [3.05, 3.63) is 87.9 Å². The van der Waals surface area contributed by atoms with Crippen molar-refractivity contribution >= 4 is 34.8 Å². The number of rotatable bonds is 6. The highest BCUT2D eigenvalue weighted by Gasteiger charge is 2.24. The smallest absolute Gasteiger partial charge is 0.414 e. The zero-order valence-corrected chi connectivity index (χ0v) is 18.4. The molecule has 3 aromatic rings. The van der Waals surface area contributed by atoms with Gasteiger partial charge in [0.05, 0.1) is 30.7 Å². The Balaban J connectivity index is 1.78. The first-order valence-electron chi connectivity index (χ1n) is 9.96. The maximum absolute atomic E-state index is 12.6. The molecule has 4 rings (SSSR count). The molecule has 0 atom stereocenters. The van der Waals surface area contributed by atoms with Gasteiger partial charge in [-0.1, -0.05) is 17.7 Å². The molecule has 1 aliphatic rings. The van der Waals surface area contributed by atoms with E-state index in [1.165, 1.54) is 41.2 Å². The van der Waals surface area contributed by atoms with Crippen molar-refractivity contribution in [1.29, 1.82) is 0 Å². The third-order valence-corrected chi connectivity index (χ3v) is 5.08. The summed E-state index contributed by atoms with van der Waals surface area (Å²) in [4.78, 5) is 30.5. The van der Waals surface area contributed by atoms with Crippen LogP contribution in [0.15, 0.2) is 76.8 Å². The number of nitrogens with zero attached hydrogens (tertiary/aromatic N) is 4. The van der Waals surface area contributed by atoms with E-state index in [-0.39, 0.29) is 16.8 Å². The topological polar surface area (TPSA) is 112 Å².